The quantitative estimate of drug-likeness (QED) is 0.215. The van der Waals surface area contributed by atoms with Crippen molar-refractivity contribution in [2.24, 2.45) is 0 Å². The summed E-state index contributed by atoms with van der Waals surface area (Å²) in [5.74, 6) is 0. The number of benzene rings is 6. The lowest BCUT2D eigenvalue weighted by Crippen LogP contribution is -2.20. The van der Waals surface area contributed by atoms with Gasteiger partial charge in [0.15, 0.2) is 0 Å². The molecule has 0 bridgehead atoms. The van der Waals surface area contributed by atoms with Gasteiger partial charge in [0.25, 0.3) is 0 Å². The maximum Gasteiger partial charge on any atom is 0.0967 e. The van der Waals surface area contributed by atoms with Gasteiger partial charge in [0.05, 0.1) is 17.7 Å². The molecule has 1 aliphatic rings. The van der Waals surface area contributed by atoms with Crippen molar-refractivity contribution in [3.8, 4) is 33.6 Å². The molecule has 0 amide bonds. The maximum atomic E-state index is 4.63. The predicted octanol–water partition coefficient (Wildman–Crippen LogP) is 9.00. The summed E-state index contributed by atoms with van der Waals surface area (Å²) < 4.78 is 2.65. The van der Waals surface area contributed by atoms with Crippen molar-refractivity contribution in [1.29, 1.82) is 0 Å². The number of hydrogen-bond donors (Lipinski definition) is 1. The average Bonchev–Trinajstić information content (AvgIpc) is 3.73. The highest BCUT2D eigenvalue weighted by molar-refractivity contribution is 7.79. The van der Waals surface area contributed by atoms with Crippen molar-refractivity contribution < 1.29 is 0 Å². The van der Waals surface area contributed by atoms with Crippen LogP contribution in [0.3, 0.4) is 0 Å². The first-order valence-corrected chi connectivity index (χ1v) is 16.0. The number of nitrogens with one attached hydrogen (secondary N) is 1. The minimum atomic E-state index is -0.613. The number of aromatic amines is 1. The monoisotopic (exact) mass is 558 g/mol. The molecule has 8 aromatic rings. The molecule has 2 nitrogen and oxygen atoms in total. The number of fused-ring (bicyclic) bond motifs is 7. The Kier molecular flexibility index (Phi) is 5.07. The van der Waals surface area contributed by atoms with Crippen LogP contribution in [0.25, 0.3) is 64.6 Å². The highest BCUT2D eigenvalue weighted by atomic mass is 32.1. The highest BCUT2D eigenvalue weighted by Gasteiger charge is 2.26. The van der Waals surface area contributed by atoms with Crippen LogP contribution in [0.15, 0.2) is 134 Å². The molecule has 4 heteroatoms. The molecule has 0 saturated heterocycles. The second-order valence-corrected chi connectivity index (χ2v) is 13.8. The summed E-state index contributed by atoms with van der Waals surface area (Å²) in [5, 5.41) is 9.43. The first kappa shape index (κ1) is 23.2. The van der Waals surface area contributed by atoms with Gasteiger partial charge in [-0.1, -0.05) is 109 Å². The lowest BCUT2D eigenvalue weighted by molar-refractivity contribution is 1.31. The fourth-order valence-corrected chi connectivity index (χ4v) is 9.86. The summed E-state index contributed by atoms with van der Waals surface area (Å²) in [4.78, 5) is 8.02. The van der Waals surface area contributed by atoms with Crippen LogP contribution in [0.1, 0.15) is 0 Å². The zero-order valence-corrected chi connectivity index (χ0v) is 23.7. The normalized spacial score (nSPS) is 12.1. The molecule has 2 aromatic heterocycles. The Bertz CT molecular complexity index is 2210. The Morgan fingerprint density at radius 2 is 1.24 bits per heavy atom. The molecule has 9 rings (SSSR count). The Hall–Kier alpha value is -4.56. The van der Waals surface area contributed by atoms with E-state index in [-0.39, 0.29) is 0 Å². The van der Waals surface area contributed by atoms with E-state index in [0.29, 0.717) is 0 Å². The van der Waals surface area contributed by atoms with E-state index >= 15 is 0 Å². The Morgan fingerprint density at radius 3 is 2.00 bits per heavy atom. The smallest absolute Gasteiger partial charge is 0.0967 e. The third kappa shape index (κ3) is 3.50. The van der Waals surface area contributed by atoms with Gasteiger partial charge >= 0.3 is 0 Å². The third-order valence-electron chi connectivity index (χ3n) is 8.25. The molecule has 1 aliphatic carbocycles. The van der Waals surface area contributed by atoms with Crippen molar-refractivity contribution in [2.75, 3.05) is 0 Å². The van der Waals surface area contributed by atoms with Crippen LogP contribution in [0, 0.1) is 0 Å². The van der Waals surface area contributed by atoms with Crippen molar-refractivity contribution >= 4 is 66.1 Å². The molecule has 0 saturated carbocycles. The van der Waals surface area contributed by atoms with Crippen LogP contribution in [-0.4, -0.2) is 9.97 Å². The van der Waals surface area contributed by atoms with Gasteiger partial charge in [0, 0.05) is 36.7 Å². The van der Waals surface area contributed by atoms with E-state index in [1.54, 1.807) is 0 Å². The van der Waals surface area contributed by atoms with Crippen LogP contribution >= 0.6 is 19.3 Å². The molecule has 0 spiro atoms. The number of hydrogen-bond acceptors (Lipinski definition) is 2. The van der Waals surface area contributed by atoms with E-state index in [1.807, 2.05) is 17.7 Å². The first-order valence-electron chi connectivity index (χ1n) is 13.8. The summed E-state index contributed by atoms with van der Waals surface area (Å²) in [7, 11) is -0.613. The number of nitrogens with zero attached hydrogens (tertiary/aromatic N) is 1. The SMILES string of the molecule is c1ccc(P(c2ccccc2)c2ccc(-c3ccc4sc5cc6c7c(cccc7c5c4c3)-c3nc[nH]c3-6)cc2)cc1. The molecular weight excluding hydrogens is 535 g/mol. The van der Waals surface area contributed by atoms with Gasteiger partial charge < -0.3 is 4.98 Å². The summed E-state index contributed by atoms with van der Waals surface area (Å²) >= 11 is 1.88. The zero-order chi connectivity index (χ0) is 26.9. The van der Waals surface area contributed by atoms with Gasteiger partial charge in [-0.25, -0.2) is 4.98 Å². The van der Waals surface area contributed by atoms with Gasteiger partial charge in [0.1, 0.15) is 0 Å². The minimum absolute atomic E-state index is 0.613. The van der Waals surface area contributed by atoms with E-state index in [9.17, 15) is 0 Å². The second-order valence-electron chi connectivity index (χ2n) is 10.5. The Labute approximate surface area is 242 Å². The fraction of sp³-hybridized carbons (Fsp3) is 0. The molecule has 0 unspecified atom stereocenters. The Balaban J connectivity index is 1.17. The summed E-state index contributed by atoms with van der Waals surface area (Å²) in [6.07, 6.45) is 1.81. The molecule has 192 valence electrons. The fourth-order valence-electron chi connectivity index (χ4n) is 6.43. The van der Waals surface area contributed by atoms with Crippen molar-refractivity contribution in [3.63, 3.8) is 0 Å². The first-order chi connectivity index (χ1) is 20.3. The lowest BCUT2D eigenvalue weighted by Gasteiger charge is -2.19. The molecular formula is C37H23N2PS. The summed E-state index contributed by atoms with van der Waals surface area (Å²) in [6, 6.07) is 47.0. The summed E-state index contributed by atoms with van der Waals surface area (Å²) in [5.41, 5.74) is 7.21. The molecule has 6 aromatic carbocycles. The van der Waals surface area contributed by atoms with Crippen LogP contribution in [0.2, 0.25) is 0 Å². The van der Waals surface area contributed by atoms with Gasteiger partial charge in [-0.2, -0.15) is 0 Å². The van der Waals surface area contributed by atoms with Gasteiger partial charge in [0.2, 0.25) is 0 Å². The van der Waals surface area contributed by atoms with Crippen LogP contribution in [0.4, 0.5) is 0 Å². The van der Waals surface area contributed by atoms with Crippen LogP contribution < -0.4 is 15.9 Å². The molecule has 0 atom stereocenters. The van der Waals surface area contributed by atoms with Crippen LogP contribution in [0.5, 0.6) is 0 Å². The largest absolute Gasteiger partial charge is 0.344 e. The van der Waals surface area contributed by atoms with Crippen molar-refractivity contribution in [1.82, 2.24) is 9.97 Å². The number of aromatic nitrogens is 2. The molecule has 0 fully saturated rings. The van der Waals surface area contributed by atoms with Gasteiger partial charge in [-0.3, -0.25) is 0 Å². The third-order valence-corrected chi connectivity index (χ3v) is 11.8. The van der Waals surface area contributed by atoms with Gasteiger partial charge in [-0.15, -0.1) is 11.3 Å². The maximum absolute atomic E-state index is 4.63. The van der Waals surface area contributed by atoms with Crippen molar-refractivity contribution in [2.45, 2.75) is 0 Å². The topological polar surface area (TPSA) is 28.7 Å². The molecule has 2 heterocycles. The number of imidazole rings is 1. The van der Waals surface area contributed by atoms with Crippen molar-refractivity contribution in [3.05, 3.63) is 134 Å². The lowest BCUT2D eigenvalue weighted by atomic mass is 9.97. The minimum Gasteiger partial charge on any atom is -0.344 e. The zero-order valence-electron chi connectivity index (χ0n) is 22.0. The molecule has 1 N–H and O–H groups in total. The van der Waals surface area contributed by atoms with Crippen LogP contribution in [-0.2, 0) is 0 Å². The average molecular weight is 559 g/mol. The standard InChI is InChI=1S/C37H23N2PS/c1-3-8-25(9-4-1)40(26-10-5-2-6-11-26)27-17-14-23(15-18-27)24-16-19-32-30(20-24)35-28-12-7-13-29-34(28)31(21-33(35)41-32)37-36(29)38-22-39-37/h1-22H,(H,38,39). The van der Waals surface area contributed by atoms with Gasteiger partial charge in [-0.05, 0) is 58.5 Å². The van der Waals surface area contributed by atoms with E-state index in [2.05, 4.69) is 137 Å². The number of H-pyrrole nitrogens is 1. The van der Waals surface area contributed by atoms with E-state index in [4.69, 9.17) is 0 Å². The van der Waals surface area contributed by atoms with E-state index in [0.717, 1.165) is 11.4 Å². The molecule has 0 radical (unpaired) electrons. The second kappa shape index (κ2) is 8.97. The van der Waals surface area contributed by atoms with E-state index in [1.165, 1.54) is 69.1 Å². The van der Waals surface area contributed by atoms with E-state index < -0.39 is 7.92 Å². The summed E-state index contributed by atoms with van der Waals surface area (Å²) in [6.45, 7) is 0. The number of rotatable bonds is 4. The Morgan fingerprint density at radius 1 is 0.537 bits per heavy atom. The predicted molar refractivity (Wildman–Crippen MR) is 178 cm³/mol. The molecule has 0 aliphatic heterocycles. The highest BCUT2D eigenvalue weighted by Crippen LogP contribution is 2.50. The molecule has 41 heavy (non-hydrogen) atoms. The number of thiophene rings is 1.